The Balaban J connectivity index is 3.33. The fraction of sp³-hybridized carbons (Fsp3) is 0.462. The summed E-state index contributed by atoms with van der Waals surface area (Å²) in [5.74, 6) is -2.39. The van der Waals surface area contributed by atoms with Crippen molar-refractivity contribution >= 4 is 5.97 Å². The van der Waals surface area contributed by atoms with Crippen LogP contribution in [0.5, 0.6) is 0 Å². The van der Waals surface area contributed by atoms with Crippen LogP contribution in [0.25, 0.3) is 0 Å². The van der Waals surface area contributed by atoms with Gasteiger partial charge in [0.05, 0.1) is 6.42 Å². The van der Waals surface area contributed by atoms with Crippen LogP contribution < -0.4 is 0 Å². The first-order valence-electron chi connectivity index (χ1n) is 5.48. The Morgan fingerprint density at radius 2 is 1.94 bits per heavy atom. The third kappa shape index (κ3) is 2.81. The lowest BCUT2D eigenvalue weighted by Crippen LogP contribution is -2.25. The highest BCUT2D eigenvalue weighted by Gasteiger charge is 2.31. The Labute approximate surface area is 99.3 Å². The Morgan fingerprint density at radius 3 is 2.41 bits per heavy atom. The Kier molecular flexibility index (Phi) is 3.86. The molecule has 17 heavy (non-hydrogen) atoms. The first kappa shape index (κ1) is 13.6. The van der Waals surface area contributed by atoms with Crippen molar-refractivity contribution in [3.05, 3.63) is 34.9 Å². The maximum absolute atomic E-state index is 14.0. The maximum Gasteiger partial charge on any atom is 0.304 e. The van der Waals surface area contributed by atoms with Crippen molar-refractivity contribution in [1.82, 2.24) is 0 Å². The molecule has 0 heterocycles. The lowest BCUT2D eigenvalue weighted by molar-refractivity contribution is -0.138. The highest BCUT2D eigenvalue weighted by atomic mass is 19.1. The molecule has 0 fully saturated rings. The molecule has 0 amide bonds. The first-order valence-corrected chi connectivity index (χ1v) is 5.48. The van der Waals surface area contributed by atoms with E-state index in [1.165, 1.54) is 26.0 Å². The van der Waals surface area contributed by atoms with E-state index in [2.05, 4.69) is 0 Å². The summed E-state index contributed by atoms with van der Waals surface area (Å²) < 4.78 is 27.7. The molecule has 1 rings (SSSR count). The molecule has 0 unspecified atom stereocenters. The molecule has 2 nitrogen and oxygen atoms in total. The van der Waals surface area contributed by atoms with Crippen LogP contribution in [0.15, 0.2) is 12.1 Å². The van der Waals surface area contributed by atoms with E-state index in [-0.39, 0.29) is 12.0 Å². The summed E-state index contributed by atoms with van der Waals surface area (Å²) in [5.41, 5.74) is -0.801. The summed E-state index contributed by atoms with van der Waals surface area (Å²) >= 11 is 0. The first-order chi connectivity index (χ1) is 7.79. The van der Waals surface area contributed by atoms with E-state index >= 15 is 0 Å². The number of hydrogen-bond donors (Lipinski definition) is 1. The smallest absolute Gasteiger partial charge is 0.304 e. The van der Waals surface area contributed by atoms with Gasteiger partial charge in [0.2, 0.25) is 0 Å². The topological polar surface area (TPSA) is 37.3 Å². The molecular weight excluding hydrogens is 226 g/mol. The van der Waals surface area contributed by atoms with E-state index in [0.29, 0.717) is 12.0 Å². The SMILES string of the molecule is CCc1ccc(F)c(C(C)(C)CC(=O)O)c1F. The number of halogens is 2. The molecule has 0 bridgehead atoms. The molecule has 0 spiro atoms. The van der Waals surface area contributed by atoms with E-state index in [0.717, 1.165) is 0 Å². The molecule has 0 saturated heterocycles. The average Bonchev–Trinajstić information content (AvgIpc) is 2.15. The number of benzene rings is 1. The van der Waals surface area contributed by atoms with Gasteiger partial charge in [-0.1, -0.05) is 26.8 Å². The third-order valence-electron chi connectivity index (χ3n) is 2.82. The zero-order valence-corrected chi connectivity index (χ0v) is 10.2. The van der Waals surface area contributed by atoms with Crippen LogP contribution in [0.1, 0.15) is 38.3 Å². The second kappa shape index (κ2) is 4.82. The van der Waals surface area contributed by atoms with Crippen molar-refractivity contribution in [3.8, 4) is 0 Å². The van der Waals surface area contributed by atoms with Crippen molar-refractivity contribution < 1.29 is 18.7 Å². The fourth-order valence-electron chi connectivity index (χ4n) is 1.96. The normalized spacial score (nSPS) is 11.6. The summed E-state index contributed by atoms with van der Waals surface area (Å²) in [7, 11) is 0. The highest BCUT2D eigenvalue weighted by molar-refractivity contribution is 5.69. The minimum absolute atomic E-state index is 0.140. The van der Waals surface area contributed by atoms with Gasteiger partial charge < -0.3 is 5.11 Å². The van der Waals surface area contributed by atoms with Crippen LogP contribution >= 0.6 is 0 Å². The molecule has 1 N–H and O–H groups in total. The summed E-state index contributed by atoms with van der Waals surface area (Å²) in [6.45, 7) is 4.83. The molecule has 94 valence electrons. The lowest BCUT2D eigenvalue weighted by atomic mass is 9.80. The molecule has 1 aromatic carbocycles. The molecule has 0 aliphatic heterocycles. The Morgan fingerprint density at radius 1 is 1.35 bits per heavy atom. The van der Waals surface area contributed by atoms with Gasteiger partial charge in [-0.05, 0) is 18.1 Å². The molecule has 0 atom stereocenters. The van der Waals surface area contributed by atoms with Crippen LogP contribution in [0.3, 0.4) is 0 Å². The lowest BCUT2D eigenvalue weighted by Gasteiger charge is -2.25. The quantitative estimate of drug-likeness (QED) is 0.879. The van der Waals surface area contributed by atoms with E-state index in [9.17, 15) is 13.6 Å². The fourth-order valence-corrected chi connectivity index (χ4v) is 1.96. The van der Waals surface area contributed by atoms with Gasteiger partial charge in [-0.3, -0.25) is 4.79 Å². The van der Waals surface area contributed by atoms with Gasteiger partial charge in [-0.25, -0.2) is 8.78 Å². The molecule has 0 aliphatic carbocycles. The minimum Gasteiger partial charge on any atom is -0.481 e. The predicted molar refractivity (Wildman–Crippen MR) is 61.0 cm³/mol. The van der Waals surface area contributed by atoms with E-state index in [1.807, 2.05) is 0 Å². The van der Waals surface area contributed by atoms with Gasteiger partial charge in [0.25, 0.3) is 0 Å². The second-order valence-corrected chi connectivity index (χ2v) is 4.70. The number of hydrogen-bond acceptors (Lipinski definition) is 1. The largest absolute Gasteiger partial charge is 0.481 e. The number of carboxylic acid groups (broad SMARTS) is 1. The van der Waals surface area contributed by atoms with Gasteiger partial charge >= 0.3 is 5.97 Å². The predicted octanol–water partition coefficient (Wildman–Crippen LogP) is 3.28. The van der Waals surface area contributed by atoms with Crippen molar-refractivity contribution in [1.29, 1.82) is 0 Å². The molecular formula is C13H16F2O2. The number of carbonyl (C=O) groups is 1. The number of carboxylic acids is 1. The molecule has 0 aromatic heterocycles. The number of aryl methyl sites for hydroxylation is 1. The van der Waals surface area contributed by atoms with Gasteiger partial charge in [0, 0.05) is 11.0 Å². The monoisotopic (exact) mass is 242 g/mol. The molecule has 1 aromatic rings. The molecule has 0 radical (unpaired) electrons. The zero-order chi connectivity index (χ0) is 13.2. The highest BCUT2D eigenvalue weighted by Crippen LogP contribution is 2.33. The van der Waals surface area contributed by atoms with Gasteiger partial charge in [-0.15, -0.1) is 0 Å². The Bertz CT molecular complexity index is 439. The standard InChI is InChI=1S/C13H16F2O2/c1-4-8-5-6-9(14)11(12(8)15)13(2,3)7-10(16)17/h5-6H,4,7H2,1-3H3,(H,16,17). The zero-order valence-electron chi connectivity index (χ0n) is 10.2. The van der Waals surface area contributed by atoms with Crippen LogP contribution in [0, 0.1) is 11.6 Å². The third-order valence-corrected chi connectivity index (χ3v) is 2.82. The van der Waals surface area contributed by atoms with Crippen LogP contribution in [0.2, 0.25) is 0 Å². The summed E-state index contributed by atoms with van der Waals surface area (Å²) in [4.78, 5) is 10.7. The molecule has 0 saturated carbocycles. The molecule has 4 heteroatoms. The van der Waals surface area contributed by atoms with E-state index in [1.54, 1.807) is 6.92 Å². The van der Waals surface area contributed by atoms with Gasteiger partial charge in [-0.2, -0.15) is 0 Å². The van der Waals surface area contributed by atoms with E-state index in [4.69, 9.17) is 5.11 Å². The van der Waals surface area contributed by atoms with Crippen molar-refractivity contribution in [2.45, 2.75) is 39.0 Å². The minimum atomic E-state index is -1.07. The van der Waals surface area contributed by atoms with Crippen molar-refractivity contribution in [2.24, 2.45) is 0 Å². The van der Waals surface area contributed by atoms with Gasteiger partial charge in [0.15, 0.2) is 0 Å². The summed E-state index contributed by atoms with van der Waals surface area (Å²) in [6, 6.07) is 2.59. The van der Waals surface area contributed by atoms with Crippen molar-refractivity contribution in [2.75, 3.05) is 0 Å². The maximum atomic E-state index is 14.0. The van der Waals surface area contributed by atoms with Gasteiger partial charge in [0.1, 0.15) is 11.6 Å². The Hall–Kier alpha value is -1.45. The number of aliphatic carboxylic acids is 1. The average molecular weight is 242 g/mol. The molecule has 0 aliphatic rings. The van der Waals surface area contributed by atoms with E-state index < -0.39 is 23.0 Å². The summed E-state index contributed by atoms with van der Waals surface area (Å²) in [6.07, 6.45) is 0.135. The number of rotatable bonds is 4. The van der Waals surface area contributed by atoms with Crippen LogP contribution in [-0.4, -0.2) is 11.1 Å². The summed E-state index contributed by atoms with van der Waals surface area (Å²) in [5, 5.41) is 8.77. The second-order valence-electron chi connectivity index (χ2n) is 4.70. The van der Waals surface area contributed by atoms with Crippen LogP contribution in [0.4, 0.5) is 8.78 Å². The van der Waals surface area contributed by atoms with Crippen molar-refractivity contribution in [3.63, 3.8) is 0 Å². The van der Waals surface area contributed by atoms with Crippen LogP contribution in [-0.2, 0) is 16.6 Å².